The summed E-state index contributed by atoms with van der Waals surface area (Å²) in [6.45, 7) is 6.48. The second-order valence-corrected chi connectivity index (χ2v) is 5.51. The van der Waals surface area contributed by atoms with Gasteiger partial charge in [-0.15, -0.1) is 0 Å². The molecular formula is C17H22N2O2. The van der Waals surface area contributed by atoms with Crippen LogP contribution < -0.4 is 11.1 Å². The molecule has 2 rings (SSSR count). The molecule has 1 amide bonds. The molecule has 4 heteroatoms. The van der Waals surface area contributed by atoms with Crippen LogP contribution in [0.1, 0.15) is 39.7 Å². The average molecular weight is 286 g/mol. The van der Waals surface area contributed by atoms with Crippen molar-refractivity contribution in [1.29, 1.82) is 0 Å². The monoisotopic (exact) mass is 286 g/mol. The van der Waals surface area contributed by atoms with E-state index in [2.05, 4.69) is 37.4 Å². The number of amides is 1. The molecule has 112 valence electrons. The lowest BCUT2D eigenvalue weighted by Crippen LogP contribution is -2.34. The van der Waals surface area contributed by atoms with Crippen LogP contribution in [-0.4, -0.2) is 11.9 Å². The summed E-state index contributed by atoms with van der Waals surface area (Å²) in [5.74, 6) is 0.484. The van der Waals surface area contributed by atoms with Crippen molar-refractivity contribution >= 4 is 5.91 Å². The molecule has 0 spiro atoms. The highest BCUT2D eigenvalue weighted by Crippen LogP contribution is 2.13. The summed E-state index contributed by atoms with van der Waals surface area (Å²) >= 11 is 0. The van der Waals surface area contributed by atoms with E-state index in [-0.39, 0.29) is 11.9 Å². The Bertz CT molecular complexity index is 631. The summed E-state index contributed by atoms with van der Waals surface area (Å²) in [7, 11) is 0. The number of hydrogen-bond donors (Lipinski definition) is 2. The van der Waals surface area contributed by atoms with E-state index in [9.17, 15) is 4.79 Å². The van der Waals surface area contributed by atoms with E-state index in [0.29, 0.717) is 17.9 Å². The minimum Gasteiger partial charge on any atom is -0.467 e. The van der Waals surface area contributed by atoms with Gasteiger partial charge in [0.15, 0.2) is 0 Å². The fourth-order valence-corrected chi connectivity index (χ4v) is 2.37. The van der Waals surface area contributed by atoms with Crippen molar-refractivity contribution in [2.24, 2.45) is 5.73 Å². The molecule has 1 aromatic carbocycles. The van der Waals surface area contributed by atoms with Gasteiger partial charge in [0.2, 0.25) is 0 Å². The third-order valence-electron chi connectivity index (χ3n) is 3.52. The van der Waals surface area contributed by atoms with Gasteiger partial charge in [0.25, 0.3) is 5.91 Å². The normalized spacial score (nSPS) is 12.2. The molecule has 0 saturated carbocycles. The molecule has 3 N–H and O–H groups in total. The molecule has 1 unspecified atom stereocenters. The Morgan fingerprint density at radius 3 is 2.71 bits per heavy atom. The van der Waals surface area contributed by atoms with E-state index in [1.165, 1.54) is 23.0 Å². The average Bonchev–Trinajstić information content (AvgIpc) is 2.91. The number of benzene rings is 1. The molecule has 0 bridgehead atoms. The van der Waals surface area contributed by atoms with Gasteiger partial charge in [-0.1, -0.05) is 23.8 Å². The lowest BCUT2D eigenvalue weighted by atomic mass is 10.00. The molecule has 0 radical (unpaired) electrons. The van der Waals surface area contributed by atoms with Gasteiger partial charge >= 0.3 is 0 Å². The van der Waals surface area contributed by atoms with E-state index in [1.807, 2.05) is 6.92 Å². The molecule has 0 saturated heterocycles. The first-order valence-corrected chi connectivity index (χ1v) is 7.14. The van der Waals surface area contributed by atoms with E-state index in [1.54, 1.807) is 6.07 Å². The highest BCUT2D eigenvalue weighted by atomic mass is 16.3. The zero-order valence-corrected chi connectivity index (χ0v) is 12.8. The number of carbonyl (C=O) groups excluding carboxylic acids is 1. The molecule has 1 atom stereocenters. The zero-order valence-electron chi connectivity index (χ0n) is 12.8. The van der Waals surface area contributed by atoms with Gasteiger partial charge in [0, 0.05) is 6.04 Å². The third kappa shape index (κ3) is 3.95. The molecule has 4 nitrogen and oxygen atoms in total. The lowest BCUT2D eigenvalue weighted by molar-refractivity contribution is 0.0939. The van der Waals surface area contributed by atoms with E-state index in [0.717, 1.165) is 6.42 Å². The van der Waals surface area contributed by atoms with Crippen molar-refractivity contribution in [1.82, 2.24) is 5.32 Å². The number of aryl methyl sites for hydroxylation is 2. The number of rotatable bonds is 5. The highest BCUT2D eigenvalue weighted by molar-refractivity contribution is 5.94. The topological polar surface area (TPSA) is 68.3 Å². The van der Waals surface area contributed by atoms with Crippen LogP contribution in [0.2, 0.25) is 0 Å². The number of nitrogens with one attached hydrogen (secondary N) is 1. The first-order chi connectivity index (χ1) is 9.99. The van der Waals surface area contributed by atoms with Gasteiger partial charge in [-0.3, -0.25) is 4.79 Å². The largest absolute Gasteiger partial charge is 0.467 e. The Balaban J connectivity index is 1.97. The number of nitrogens with two attached hydrogens (primary N) is 1. The molecule has 0 fully saturated rings. The summed E-state index contributed by atoms with van der Waals surface area (Å²) in [5.41, 5.74) is 9.74. The maximum atomic E-state index is 12.1. The summed E-state index contributed by atoms with van der Waals surface area (Å²) in [6.07, 6.45) is 2.25. The quantitative estimate of drug-likeness (QED) is 0.888. The second-order valence-electron chi connectivity index (χ2n) is 5.51. The van der Waals surface area contributed by atoms with Gasteiger partial charge in [-0.05, 0) is 44.4 Å². The summed E-state index contributed by atoms with van der Waals surface area (Å²) in [4.78, 5) is 12.1. The molecule has 2 aromatic rings. The van der Waals surface area contributed by atoms with Crippen LogP contribution in [0.25, 0.3) is 0 Å². The standard InChI is InChI=1S/C17H22N2O2/c1-11-4-5-14(12(2)6-11)7-13(3)19-17(20)15-8-16(9-18)21-10-15/h4-6,8,10,13H,7,9,18H2,1-3H3,(H,19,20). The smallest absolute Gasteiger partial charge is 0.254 e. The fourth-order valence-electron chi connectivity index (χ4n) is 2.37. The minimum atomic E-state index is -0.129. The Morgan fingerprint density at radius 1 is 1.33 bits per heavy atom. The van der Waals surface area contributed by atoms with Crippen LogP contribution in [0.5, 0.6) is 0 Å². The molecular weight excluding hydrogens is 264 g/mol. The molecule has 0 aliphatic heterocycles. The van der Waals surface area contributed by atoms with E-state index in [4.69, 9.17) is 10.2 Å². The first kappa shape index (κ1) is 15.3. The van der Waals surface area contributed by atoms with Crippen LogP contribution in [-0.2, 0) is 13.0 Å². The summed E-state index contributed by atoms with van der Waals surface area (Å²) in [5, 5.41) is 2.98. The van der Waals surface area contributed by atoms with Gasteiger partial charge in [-0.2, -0.15) is 0 Å². The Morgan fingerprint density at radius 2 is 2.10 bits per heavy atom. The van der Waals surface area contributed by atoms with Crippen LogP contribution in [0.3, 0.4) is 0 Å². The Labute approximate surface area is 125 Å². The number of carbonyl (C=O) groups is 1. The van der Waals surface area contributed by atoms with Crippen molar-refractivity contribution in [3.05, 3.63) is 58.5 Å². The van der Waals surface area contributed by atoms with Crippen molar-refractivity contribution in [3.63, 3.8) is 0 Å². The van der Waals surface area contributed by atoms with Crippen LogP contribution >= 0.6 is 0 Å². The predicted molar refractivity (Wildman–Crippen MR) is 83.1 cm³/mol. The third-order valence-corrected chi connectivity index (χ3v) is 3.52. The van der Waals surface area contributed by atoms with E-state index >= 15 is 0 Å². The van der Waals surface area contributed by atoms with Crippen molar-refractivity contribution < 1.29 is 9.21 Å². The van der Waals surface area contributed by atoms with Crippen molar-refractivity contribution in [2.75, 3.05) is 0 Å². The van der Waals surface area contributed by atoms with Crippen LogP contribution in [0.15, 0.2) is 34.9 Å². The first-order valence-electron chi connectivity index (χ1n) is 7.14. The molecule has 0 aliphatic rings. The Hall–Kier alpha value is -2.07. The summed E-state index contributed by atoms with van der Waals surface area (Å²) in [6, 6.07) is 8.11. The SMILES string of the molecule is Cc1ccc(CC(C)NC(=O)c2coc(CN)c2)c(C)c1. The molecule has 1 heterocycles. The highest BCUT2D eigenvalue weighted by Gasteiger charge is 2.13. The van der Waals surface area contributed by atoms with Gasteiger partial charge in [0.05, 0.1) is 12.1 Å². The minimum absolute atomic E-state index is 0.0510. The van der Waals surface area contributed by atoms with E-state index < -0.39 is 0 Å². The molecule has 21 heavy (non-hydrogen) atoms. The van der Waals surface area contributed by atoms with Gasteiger partial charge in [0.1, 0.15) is 12.0 Å². The number of furan rings is 1. The second kappa shape index (κ2) is 6.59. The maximum absolute atomic E-state index is 12.1. The van der Waals surface area contributed by atoms with Crippen LogP contribution in [0, 0.1) is 13.8 Å². The predicted octanol–water partition coefficient (Wildman–Crippen LogP) is 2.72. The number of hydrogen-bond acceptors (Lipinski definition) is 3. The van der Waals surface area contributed by atoms with Gasteiger partial charge < -0.3 is 15.5 Å². The maximum Gasteiger partial charge on any atom is 0.254 e. The molecule has 0 aliphatic carbocycles. The van der Waals surface area contributed by atoms with Gasteiger partial charge in [-0.25, -0.2) is 0 Å². The van der Waals surface area contributed by atoms with Crippen molar-refractivity contribution in [2.45, 2.75) is 39.8 Å². The molecule has 1 aromatic heterocycles. The summed E-state index contributed by atoms with van der Waals surface area (Å²) < 4.78 is 5.18. The fraction of sp³-hybridized carbons (Fsp3) is 0.353. The lowest BCUT2D eigenvalue weighted by Gasteiger charge is -2.15. The van der Waals surface area contributed by atoms with Crippen LogP contribution in [0.4, 0.5) is 0 Å². The Kier molecular flexibility index (Phi) is 4.81. The van der Waals surface area contributed by atoms with Crippen molar-refractivity contribution in [3.8, 4) is 0 Å². The zero-order chi connectivity index (χ0) is 15.4.